The van der Waals surface area contributed by atoms with Crippen molar-refractivity contribution in [1.29, 1.82) is 0 Å². The Morgan fingerprint density at radius 3 is 2.14 bits per heavy atom. The fraction of sp³-hybridized carbons (Fsp3) is 0. The summed E-state index contributed by atoms with van der Waals surface area (Å²) in [4.78, 5) is 9.72. The van der Waals surface area contributed by atoms with Gasteiger partial charge in [-0.05, 0) is 12.1 Å². The SMILES string of the molecule is O=[N+]([O-])c1c(Cl)ccc(Cl)c1B(O)O. The first-order valence-corrected chi connectivity index (χ1v) is 4.19. The minimum atomic E-state index is -2.03. The van der Waals surface area contributed by atoms with Gasteiger partial charge < -0.3 is 10.0 Å². The van der Waals surface area contributed by atoms with Crippen molar-refractivity contribution in [3.8, 4) is 0 Å². The molecule has 0 unspecified atom stereocenters. The van der Waals surface area contributed by atoms with Crippen LogP contribution in [0, 0.1) is 10.1 Å². The minimum absolute atomic E-state index is 0.115. The maximum Gasteiger partial charge on any atom is 0.497 e. The van der Waals surface area contributed by atoms with E-state index < -0.39 is 23.2 Å². The third-order valence-electron chi connectivity index (χ3n) is 1.56. The Labute approximate surface area is 89.2 Å². The van der Waals surface area contributed by atoms with Crippen LogP contribution in [-0.2, 0) is 0 Å². The number of benzene rings is 1. The van der Waals surface area contributed by atoms with Crippen LogP contribution in [0.3, 0.4) is 0 Å². The standard InChI is InChI=1S/C6H4BCl2NO4/c8-3-1-2-4(9)6(10(13)14)5(3)7(11)12/h1-2,11-12H. The molecule has 2 N–H and O–H groups in total. The van der Waals surface area contributed by atoms with Gasteiger partial charge in [-0.3, -0.25) is 10.1 Å². The summed E-state index contributed by atoms with van der Waals surface area (Å²) in [7, 11) is -2.03. The Kier molecular flexibility index (Phi) is 3.33. The maximum absolute atomic E-state index is 10.5. The molecule has 1 aromatic rings. The van der Waals surface area contributed by atoms with E-state index in [1.165, 1.54) is 12.1 Å². The van der Waals surface area contributed by atoms with Crippen LogP contribution in [0.15, 0.2) is 12.1 Å². The average molecular weight is 236 g/mol. The third-order valence-corrected chi connectivity index (χ3v) is 2.19. The Morgan fingerprint density at radius 1 is 1.29 bits per heavy atom. The van der Waals surface area contributed by atoms with E-state index in [0.717, 1.165) is 0 Å². The zero-order chi connectivity index (χ0) is 10.9. The van der Waals surface area contributed by atoms with Crippen LogP contribution in [0.1, 0.15) is 0 Å². The largest absolute Gasteiger partial charge is 0.497 e. The first-order valence-electron chi connectivity index (χ1n) is 3.43. The second-order valence-corrected chi connectivity index (χ2v) is 3.24. The first-order chi connectivity index (χ1) is 6.45. The third kappa shape index (κ3) is 1.98. The van der Waals surface area contributed by atoms with Gasteiger partial charge in [-0.2, -0.15) is 0 Å². The molecular weight excluding hydrogens is 232 g/mol. The molecule has 14 heavy (non-hydrogen) atoms. The predicted molar refractivity (Wildman–Crippen MR) is 52.9 cm³/mol. The van der Waals surface area contributed by atoms with Crippen LogP contribution in [0.2, 0.25) is 10.0 Å². The summed E-state index contributed by atoms with van der Waals surface area (Å²) in [5.41, 5.74) is -0.988. The topological polar surface area (TPSA) is 83.6 Å². The van der Waals surface area contributed by atoms with Gasteiger partial charge in [-0.15, -0.1) is 0 Å². The first kappa shape index (κ1) is 11.3. The molecule has 0 aliphatic rings. The van der Waals surface area contributed by atoms with Crippen molar-refractivity contribution < 1.29 is 15.0 Å². The number of halogens is 2. The van der Waals surface area contributed by atoms with E-state index in [4.69, 9.17) is 33.2 Å². The van der Waals surface area contributed by atoms with Crippen molar-refractivity contribution in [2.24, 2.45) is 0 Å². The quantitative estimate of drug-likeness (QED) is 0.446. The molecule has 1 aromatic carbocycles. The van der Waals surface area contributed by atoms with E-state index in [-0.39, 0.29) is 10.0 Å². The summed E-state index contributed by atoms with van der Waals surface area (Å²) in [6, 6.07) is 2.47. The smallest absolute Gasteiger partial charge is 0.423 e. The van der Waals surface area contributed by atoms with E-state index in [9.17, 15) is 10.1 Å². The highest BCUT2D eigenvalue weighted by molar-refractivity contribution is 6.65. The Morgan fingerprint density at radius 2 is 1.79 bits per heavy atom. The molecule has 74 valence electrons. The zero-order valence-corrected chi connectivity index (χ0v) is 8.16. The highest BCUT2D eigenvalue weighted by atomic mass is 35.5. The molecule has 0 saturated heterocycles. The Balaban J connectivity index is 3.50. The molecule has 0 bridgehead atoms. The molecule has 0 aliphatic heterocycles. The summed E-state index contributed by atoms with van der Waals surface area (Å²) in [5, 5.41) is 28.0. The van der Waals surface area contributed by atoms with Gasteiger partial charge in [-0.25, -0.2) is 0 Å². The molecule has 0 fully saturated rings. The van der Waals surface area contributed by atoms with Crippen LogP contribution in [-0.4, -0.2) is 22.1 Å². The molecule has 0 aliphatic carbocycles. The summed E-state index contributed by atoms with van der Waals surface area (Å²) in [6.07, 6.45) is 0. The molecule has 0 spiro atoms. The van der Waals surface area contributed by atoms with Crippen LogP contribution >= 0.6 is 23.2 Å². The number of hydrogen-bond acceptors (Lipinski definition) is 4. The van der Waals surface area contributed by atoms with E-state index in [1.54, 1.807) is 0 Å². The fourth-order valence-electron chi connectivity index (χ4n) is 0.988. The lowest BCUT2D eigenvalue weighted by Crippen LogP contribution is -2.33. The van der Waals surface area contributed by atoms with Gasteiger partial charge in [0, 0.05) is 5.02 Å². The predicted octanol–water partition coefficient (Wildman–Crippen LogP) is 0.581. The van der Waals surface area contributed by atoms with Crippen molar-refractivity contribution in [3.05, 3.63) is 32.3 Å². The van der Waals surface area contributed by atoms with Gasteiger partial charge in [0.2, 0.25) is 0 Å². The number of nitro groups is 1. The van der Waals surface area contributed by atoms with E-state index in [1.807, 2.05) is 0 Å². The number of nitrogens with zero attached hydrogens (tertiary/aromatic N) is 1. The Bertz CT molecular complexity index is 384. The Hall–Kier alpha value is -0.815. The summed E-state index contributed by atoms with van der Waals surface area (Å²) in [6.45, 7) is 0. The lowest BCUT2D eigenvalue weighted by Gasteiger charge is -2.04. The van der Waals surface area contributed by atoms with Crippen LogP contribution in [0.4, 0.5) is 5.69 Å². The van der Waals surface area contributed by atoms with Gasteiger partial charge in [0.25, 0.3) is 5.69 Å². The maximum atomic E-state index is 10.5. The average Bonchev–Trinajstić information content (AvgIpc) is 2.07. The minimum Gasteiger partial charge on any atom is -0.423 e. The zero-order valence-electron chi connectivity index (χ0n) is 6.65. The van der Waals surface area contributed by atoms with Crippen molar-refractivity contribution in [2.75, 3.05) is 0 Å². The second kappa shape index (κ2) is 4.14. The normalized spacial score (nSPS) is 10.0. The summed E-state index contributed by atoms with van der Waals surface area (Å²) >= 11 is 11.1. The highest BCUT2D eigenvalue weighted by Gasteiger charge is 2.29. The number of nitro benzene ring substituents is 1. The molecule has 8 heteroatoms. The van der Waals surface area contributed by atoms with Crippen molar-refractivity contribution in [3.63, 3.8) is 0 Å². The van der Waals surface area contributed by atoms with E-state index >= 15 is 0 Å². The number of rotatable bonds is 2. The van der Waals surface area contributed by atoms with Crippen LogP contribution in [0.25, 0.3) is 0 Å². The van der Waals surface area contributed by atoms with Gasteiger partial charge in [0.1, 0.15) is 5.02 Å². The molecule has 0 heterocycles. The molecular formula is C6H4BCl2NO4. The molecule has 1 rings (SSSR count). The molecule has 0 atom stereocenters. The lowest BCUT2D eigenvalue weighted by atomic mass is 9.79. The van der Waals surface area contributed by atoms with Gasteiger partial charge >= 0.3 is 7.12 Å². The molecule has 0 aromatic heterocycles. The second-order valence-electron chi connectivity index (χ2n) is 2.42. The molecule has 0 amide bonds. The van der Waals surface area contributed by atoms with E-state index in [0.29, 0.717) is 0 Å². The summed E-state index contributed by atoms with van der Waals surface area (Å²) < 4.78 is 0. The molecule has 0 radical (unpaired) electrons. The molecule has 5 nitrogen and oxygen atoms in total. The van der Waals surface area contributed by atoms with Crippen molar-refractivity contribution in [2.45, 2.75) is 0 Å². The van der Waals surface area contributed by atoms with Crippen LogP contribution < -0.4 is 5.46 Å². The number of hydrogen-bond donors (Lipinski definition) is 2. The lowest BCUT2D eigenvalue weighted by molar-refractivity contribution is -0.383. The van der Waals surface area contributed by atoms with Gasteiger partial charge in [0.05, 0.1) is 10.4 Å². The van der Waals surface area contributed by atoms with Gasteiger partial charge in [-0.1, -0.05) is 23.2 Å². The molecule has 0 saturated carbocycles. The highest BCUT2D eigenvalue weighted by Crippen LogP contribution is 2.25. The monoisotopic (exact) mass is 235 g/mol. The van der Waals surface area contributed by atoms with Gasteiger partial charge in [0.15, 0.2) is 0 Å². The van der Waals surface area contributed by atoms with Crippen LogP contribution in [0.5, 0.6) is 0 Å². The van der Waals surface area contributed by atoms with Crippen molar-refractivity contribution >= 4 is 41.5 Å². The van der Waals surface area contributed by atoms with E-state index in [2.05, 4.69) is 0 Å². The van der Waals surface area contributed by atoms with Crippen molar-refractivity contribution in [1.82, 2.24) is 0 Å². The summed E-state index contributed by atoms with van der Waals surface area (Å²) in [5.74, 6) is 0. The fourth-order valence-corrected chi connectivity index (χ4v) is 1.47.